The van der Waals surface area contributed by atoms with Crippen LogP contribution in [0.15, 0.2) is 16.9 Å². The highest BCUT2D eigenvalue weighted by molar-refractivity contribution is 9.10. The Kier molecular flexibility index (Phi) is 5.42. The Labute approximate surface area is 106 Å². The predicted molar refractivity (Wildman–Crippen MR) is 63.0 cm³/mol. The average molecular weight is 315 g/mol. The van der Waals surface area contributed by atoms with Crippen molar-refractivity contribution in [2.45, 2.75) is 17.8 Å². The van der Waals surface area contributed by atoms with E-state index < -0.39 is 4.84 Å². The van der Waals surface area contributed by atoms with E-state index in [0.717, 1.165) is 17.4 Å². The Morgan fingerprint density at radius 3 is 2.93 bits per heavy atom. The molecule has 4 nitrogen and oxygen atoms in total. The molecule has 0 saturated heterocycles. The zero-order chi connectivity index (χ0) is 11.3. The number of halogens is 3. The van der Waals surface area contributed by atoms with E-state index in [9.17, 15) is 4.79 Å². The SMILES string of the molecule is O=C(NCCCn1cc(Br)cn1)C(Cl)Cl. The summed E-state index contributed by atoms with van der Waals surface area (Å²) in [6, 6.07) is 0. The molecule has 1 amide bonds. The molecule has 0 unspecified atom stereocenters. The maximum absolute atomic E-state index is 11.0. The molecule has 0 bridgehead atoms. The lowest BCUT2D eigenvalue weighted by atomic mass is 10.4. The second-order valence-electron chi connectivity index (χ2n) is 2.87. The van der Waals surface area contributed by atoms with Gasteiger partial charge in [-0.3, -0.25) is 9.48 Å². The van der Waals surface area contributed by atoms with Crippen molar-refractivity contribution >= 4 is 45.0 Å². The fraction of sp³-hybridized carbons (Fsp3) is 0.500. The van der Waals surface area contributed by atoms with Crippen LogP contribution in [-0.4, -0.2) is 27.1 Å². The smallest absolute Gasteiger partial charge is 0.253 e. The van der Waals surface area contributed by atoms with Gasteiger partial charge in [0.2, 0.25) is 0 Å². The van der Waals surface area contributed by atoms with Crippen LogP contribution in [0.4, 0.5) is 0 Å². The molecular formula is C8H10BrCl2N3O. The van der Waals surface area contributed by atoms with Gasteiger partial charge in [-0.1, -0.05) is 23.2 Å². The van der Waals surface area contributed by atoms with Crippen molar-refractivity contribution in [3.63, 3.8) is 0 Å². The quantitative estimate of drug-likeness (QED) is 0.667. The van der Waals surface area contributed by atoms with Gasteiger partial charge in [-0.05, 0) is 22.4 Å². The van der Waals surface area contributed by atoms with Crippen LogP contribution in [0.1, 0.15) is 6.42 Å². The molecule has 84 valence electrons. The number of carbonyl (C=O) groups is 1. The lowest BCUT2D eigenvalue weighted by Crippen LogP contribution is -2.29. The van der Waals surface area contributed by atoms with E-state index >= 15 is 0 Å². The summed E-state index contributed by atoms with van der Waals surface area (Å²) in [5.74, 6) is -0.361. The Hall–Kier alpha value is -0.260. The number of alkyl halides is 2. The molecule has 1 heterocycles. The van der Waals surface area contributed by atoms with E-state index in [1.54, 1.807) is 10.9 Å². The van der Waals surface area contributed by atoms with Gasteiger partial charge >= 0.3 is 0 Å². The van der Waals surface area contributed by atoms with Crippen molar-refractivity contribution in [3.8, 4) is 0 Å². The van der Waals surface area contributed by atoms with Crippen LogP contribution in [0, 0.1) is 0 Å². The topological polar surface area (TPSA) is 46.9 Å². The van der Waals surface area contributed by atoms with Crippen molar-refractivity contribution in [2.24, 2.45) is 0 Å². The van der Waals surface area contributed by atoms with Gasteiger partial charge in [0.05, 0.1) is 10.7 Å². The molecule has 15 heavy (non-hydrogen) atoms. The first-order chi connectivity index (χ1) is 7.09. The number of amides is 1. The van der Waals surface area contributed by atoms with E-state index in [1.807, 2.05) is 6.20 Å². The molecule has 1 N–H and O–H groups in total. The van der Waals surface area contributed by atoms with Gasteiger partial charge in [0.1, 0.15) is 0 Å². The van der Waals surface area contributed by atoms with Crippen molar-refractivity contribution in [1.82, 2.24) is 15.1 Å². The van der Waals surface area contributed by atoms with Gasteiger partial charge in [-0.2, -0.15) is 5.10 Å². The summed E-state index contributed by atoms with van der Waals surface area (Å²) < 4.78 is 2.72. The molecule has 0 aliphatic carbocycles. The molecule has 0 aliphatic rings. The summed E-state index contributed by atoms with van der Waals surface area (Å²) in [6.45, 7) is 1.27. The molecule has 0 fully saturated rings. The third kappa shape index (κ3) is 4.86. The second kappa shape index (κ2) is 6.35. The number of rotatable bonds is 5. The minimum atomic E-state index is -0.996. The number of carbonyl (C=O) groups excluding carboxylic acids is 1. The summed E-state index contributed by atoms with van der Waals surface area (Å²) in [6.07, 6.45) is 4.36. The van der Waals surface area contributed by atoms with Gasteiger partial charge in [0.25, 0.3) is 5.91 Å². The van der Waals surface area contributed by atoms with Crippen LogP contribution in [0.3, 0.4) is 0 Å². The standard InChI is InChI=1S/C8H10BrCl2N3O/c9-6-4-13-14(5-6)3-1-2-12-8(15)7(10)11/h4-5,7H,1-3H2,(H,12,15). The lowest BCUT2D eigenvalue weighted by molar-refractivity contribution is -0.119. The third-order valence-corrected chi connectivity index (χ3v) is 2.47. The zero-order valence-corrected chi connectivity index (χ0v) is 10.9. The minimum absolute atomic E-state index is 0.361. The molecule has 0 saturated carbocycles. The van der Waals surface area contributed by atoms with Gasteiger partial charge < -0.3 is 5.32 Å². The summed E-state index contributed by atoms with van der Waals surface area (Å²) in [4.78, 5) is 9.96. The molecule has 1 aromatic rings. The largest absolute Gasteiger partial charge is 0.354 e. The Balaban J connectivity index is 2.15. The van der Waals surface area contributed by atoms with Crippen molar-refractivity contribution in [2.75, 3.05) is 6.54 Å². The van der Waals surface area contributed by atoms with Gasteiger partial charge in [0.15, 0.2) is 4.84 Å². The summed E-state index contributed by atoms with van der Waals surface area (Å²) >= 11 is 14.0. The van der Waals surface area contributed by atoms with Gasteiger partial charge in [-0.15, -0.1) is 0 Å². The Bertz CT molecular complexity index is 329. The molecule has 1 aromatic heterocycles. The van der Waals surface area contributed by atoms with E-state index in [1.165, 1.54) is 0 Å². The molecule has 0 aromatic carbocycles. The van der Waals surface area contributed by atoms with Crippen LogP contribution in [-0.2, 0) is 11.3 Å². The Morgan fingerprint density at radius 2 is 2.40 bits per heavy atom. The van der Waals surface area contributed by atoms with E-state index in [4.69, 9.17) is 23.2 Å². The second-order valence-corrected chi connectivity index (χ2v) is 4.88. The maximum Gasteiger partial charge on any atom is 0.253 e. The normalized spacial score (nSPS) is 10.7. The number of nitrogens with zero attached hydrogens (tertiary/aromatic N) is 2. The number of hydrogen-bond donors (Lipinski definition) is 1. The fourth-order valence-corrected chi connectivity index (χ4v) is 1.47. The molecule has 0 aliphatic heterocycles. The van der Waals surface area contributed by atoms with E-state index in [0.29, 0.717) is 6.54 Å². The number of aryl methyl sites for hydroxylation is 1. The highest BCUT2D eigenvalue weighted by Crippen LogP contribution is 2.06. The van der Waals surface area contributed by atoms with Crippen molar-refractivity contribution in [1.29, 1.82) is 0 Å². The first-order valence-corrected chi connectivity index (χ1v) is 6.00. The van der Waals surface area contributed by atoms with Crippen LogP contribution in [0.25, 0.3) is 0 Å². The molecule has 7 heteroatoms. The summed E-state index contributed by atoms with van der Waals surface area (Å²) in [7, 11) is 0. The first-order valence-electron chi connectivity index (χ1n) is 4.33. The lowest BCUT2D eigenvalue weighted by Gasteiger charge is -2.05. The molecule has 0 radical (unpaired) electrons. The van der Waals surface area contributed by atoms with E-state index in [-0.39, 0.29) is 5.91 Å². The zero-order valence-electron chi connectivity index (χ0n) is 7.79. The average Bonchev–Trinajstić information content (AvgIpc) is 2.58. The molecule has 0 spiro atoms. The predicted octanol–water partition coefficient (Wildman–Crippen LogP) is 1.96. The maximum atomic E-state index is 11.0. The van der Waals surface area contributed by atoms with E-state index in [2.05, 4.69) is 26.3 Å². The molecule has 1 rings (SSSR count). The molecular weight excluding hydrogens is 305 g/mol. The Morgan fingerprint density at radius 1 is 1.67 bits per heavy atom. The number of nitrogens with one attached hydrogen (secondary N) is 1. The highest BCUT2D eigenvalue weighted by Gasteiger charge is 2.09. The first kappa shape index (κ1) is 12.8. The van der Waals surface area contributed by atoms with Gasteiger partial charge in [-0.25, -0.2) is 0 Å². The third-order valence-electron chi connectivity index (χ3n) is 1.66. The summed E-state index contributed by atoms with van der Waals surface area (Å²) in [5, 5.41) is 6.68. The minimum Gasteiger partial charge on any atom is -0.354 e. The molecule has 0 atom stereocenters. The van der Waals surface area contributed by atoms with Crippen LogP contribution in [0.2, 0.25) is 0 Å². The van der Waals surface area contributed by atoms with Crippen LogP contribution < -0.4 is 5.32 Å². The highest BCUT2D eigenvalue weighted by atomic mass is 79.9. The number of aromatic nitrogens is 2. The monoisotopic (exact) mass is 313 g/mol. The number of hydrogen-bond acceptors (Lipinski definition) is 2. The van der Waals surface area contributed by atoms with Gasteiger partial charge in [0, 0.05) is 19.3 Å². The van der Waals surface area contributed by atoms with Crippen LogP contribution in [0.5, 0.6) is 0 Å². The van der Waals surface area contributed by atoms with Crippen molar-refractivity contribution < 1.29 is 4.79 Å². The van der Waals surface area contributed by atoms with Crippen LogP contribution >= 0.6 is 39.1 Å². The van der Waals surface area contributed by atoms with Crippen molar-refractivity contribution in [3.05, 3.63) is 16.9 Å². The summed E-state index contributed by atoms with van der Waals surface area (Å²) in [5.41, 5.74) is 0. The fourth-order valence-electron chi connectivity index (χ4n) is 0.990.